The van der Waals surface area contributed by atoms with Crippen LogP contribution in [0.3, 0.4) is 0 Å². The van der Waals surface area contributed by atoms with Crippen LogP contribution in [-0.2, 0) is 0 Å². The summed E-state index contributed by atoms with van der Waals surface area (Å²) in [5, 5.41) is 0. The minimum absolute atomic E-state index is 0.349. The predicted molar refractivity (Wildman–Crippen MR) is 62.1 cm³/mol. The molecule has 0 aliphatic carbocycles. The molecular weight excluding hydrogens is 186 g/mol. The molecule has 3 nitrogen and oxygen atoms in total. The van der Waals surface area contributed by atoms with Crippen molar-refractivity contribution in [3.8, 4) is 0 Å². The Hall–Kier alpha value is -1.35. The zero-order valence-corrected chi connectivity index (χ0v) is 9.49. The topological polar surface area (TPSA) is 43.3 Å². The molecule has 0 aliphatic rings. The van der Waals surface area contributed by atoms with E-state index in [1.54, 1.807) is 0 Å². The molecule has 15 heavy (non-hydrogen) atoms. The number of nitrogens with two attached hydrogens (primary N) is 1. The van der Waals surface area contributed by atoms with E-state index >= 15 is 0 Å². The molecule has 1 unspecified atom stereocenters. The Balaban J connectivity index is 2.73. The van der Waals surface area contributed by atoms with Crippen molar-refractivity contribution in [1.29, 1.82) is 0 Å². The third-order valence-corrected chi connectivity index (χ3v) is 2.89. The average Bonchev–Trinajstić information content (AvgIpc) is 2.55. The van der Waals surface area contributed by atoms with Crippen molar-refractivity contribution in [3.05, 3.63) is 35.3 Å². The molecule has 0 aliphatic heterocycles. The first kappa shape index (κ1) is 10.2. The minimum atomic E-state index is 0.349. The number of pyridine rings is 1. The molecule has 2 aromatic heterocycles. The van der Waals surface area contributed by atoms with E-state index in [0.29, 0.717) is 12.5 Å². The van der Waals surface area contributed by atoms with Crippen molar-refractivity contribution in [2.75, 3.05) is 6.54 Å². The highest BCUT2D eigenvalue weighted by Crippen LogP contribution is 2.21. The molecule has 0 bridgehead atoms. The van der Waals surface area contributed by atoms with Crippen LogP contribution in [0.2, 0.25) is 0 Å². The van der Waals surface area contributed by atoms with Crippen molar-refractivity contribution in [2.24, 2.45) is 5.73 Å². The zero-order valence-electron chi connectivity index (χ0n) is 9.49. The Morgan fingerprint density at radius 3 is 2.87 bits per heavy atom. The van der Waals surface area contributed by atoms with E-state index < -0.39 is 0 Å². The second-order valence-electron chi connectivity index (χ2n) is 4.10. The van der Waals surface area contributed by atoms with Gasteiger partial charge in [0.1, 0.15) is 5.65 Å². The van der Waals surface area contributed by atoms with E-state index in [4.69, 9.17) is 5.73 Å². The molecule has 2 aromatic rings. The van der Waals surface area contributed by atoms with Gasteiger partial charge in [0.15, 0.2) is 0 Å². The molecule has 0 amide bonds. The van der Waals surface area contributed by atoms with Crippen molar-refractivity contribution < 1.29 is 0 Å². The summed E-state index contributed by atoms with van der Waals surface area (Å²) in [4.78, 5) is 4.59. The summed E-state index contributed by atoms with van der Waals surface area (Å²) in [6.45, 7) is 6.92. The summed E-state index contributed by atoms with van der Waals surface area (Å²) < 4.78 is 2.15. The van der Waals surface area contributed by atoms with E-state index in [9.17, 15) is 0 Å². The molecule has 0 aromatic carbocycles. The van der Waals surface area contributed by atoms with Gasteiger partial charge in [0.2, 0.25) is 0 Å². The Morgan fingerprint density at radius 2 is 2.20 bits per heavy atom. The number of aryl methyl sites for hydroxylation is 2. The molecule has 0 saturated heterocycles. The number of nitrogens with zero attached hydrogens (tertiary/aromatic N) is 2. The van der Waals surface area contributed by atoms with E-state index in [0.717, 1.165) is 11.3 Å². The highest BCUT2D eigenvalue weighted by molar-refractivity contribution is 5.50. The highest BCUT2D eigenvalue weighted by Gasteiger charge is 2.14. The molecule has 3 heteroatoms. The zero-order chi connectivity index (χ0) is 11.0. The maximum absolute atomic E-state index is 5.72. The molecule has 2 N–H and O–H groups in total. The lowest BCUT2D eigenvalue weighted by Gasteiger charge is -2.09. The lowest BCUT2D eigenvalue weighted by molar-refractivity contribution is 0.729. The number of imidazole rings is 1. The van der Waals surface area contributed by atoms with Gasteiger partial charge in [0, 0.05) is 24.4 Å². The normalized spacial score (nSPS) is 13.3. The molecule has 80 valence electrons. The number of hydrogen-bond acceptors (Lipinski definition) is 2. The molecule has 0 radical (unpaired) electrons. The van der Waals surface area contributed by atoms with E-state index in [1.807, 2.05) is 6.92 Å². The van der Waals surface area contributed by atoms with Gasteiger partial charge in [-0.15, -0.1) is 0 Å². The van der Waals surface area contributed by atoms with Gasteiger partial charge in [0.25, 0.3) is 0 Å². The largest absolute Gasteiger partial charge is 0.330 e. The van der Waals surface area contributed by atoms with Gasteiger partial charge in [-0.05, 0) is 25.5 Å². The predicted octanol–water partition coefficient (Wildman–Crippen LogP) is 2.01. The summed E-state index contributed by atoms with van der Waals surface area (Å²) in [5.41, 5.74) is 10.3. The summed E-state index contributed by atoms with van der Waals surface area (Å²) in [6.07, 6.45) is 2.06. The van der Waals surface area contributed by atoms with Crippen LogP contribution in [0.25, 0.3) is 5.65 Å². The van der Waals surface area contributed by atoms with Gasteiger partial charge < -0.3 is 10.1 Å². The maximum atomic E-state index is 5.72. The van der Waals surface area contributed by atoms with Gasteiger partial charge in [0.05, 0.1) is 5.69 Å². The van der Waals surface area contributed by atoms with Crippen LogP contribution in [0.15, 0.2) is 18.3 Å². The Morgan fingerprint density at radius 1 is 1.47 bits per heavy atom. The number of aromatic nitrogens is 2. The Bertz CT molecular complexity index is 485. The van der Waals surface area contributed by atoms with Crippen molar-refractivity contribution in [1.82, 2.24) is 9.38 Å². The monoisotopic (exact) mass is 203 g/mol. The van der Waals surface area contributed by atoms with E-state index in [1.165, 1.54) is 11.3 Å². The number of fused-ring (bicyclic) bond motifs is 1. The van der Waals surface area contributed by atoms with Crippen LogP contribution in [0, 0.1) is 13.8 Å². The fourth-order valence-electron chi connectivity index (χ4n) is 2.04. The van der Waals surface area contributed by atoms with Crippen molar-refractivity contribution in [2.45, 2.75) is 26.7 Å². The fourth-order valence-corrected chi connectivity index (χ4v) is 2.04. The van der Waals surface area contributed by atoms with E-state index in [2.05, 4.69) is 41.6 Å². The van der Waals surface area contributed by atoms with Crippen LogP contribution in [0.4, 0.5) is 0 Å². The lowest BCUT2D eigenvalue weighted by Crippen LogP contribution is -2.12. The van der Waals surface area contributed by atoms with Gasteiger partial charge >= 0.3 is 0 Å². The lowest BCUT2D eigenvalue weighted by atomic mass is 10.1. The molecule has 0 fully saturated rings. The van der Waals surface area contributed by atoms with Crippen LogP contribution in [-0.4, -0.2) is 15.9 Å². The first-order chi connectivity index (χ1) is 7.15. The third-order valence-electron chi connectivity index (χ3n) is 2.89. The summed E-state index contributed by atoms with van der Waals surface area (Å²) >= 11 is 0. The number of rotatable bonds is 2. The van der Waals surface area contributed by atoms with Crippen molar-refractivity contribution >= 4 is 5.65 Å². The number of hydrogen-bond donors (Lipinski definition) is 1. The molecule has 1 atom stereocenters. The van der Waals surface area contributed by atoms with Crippen molar-refractivity contribution in [3.63, 3.8) is 0 Å². The second-order valence-corrected chi connectivity index (χ2v) is 4.10. The smallest absolute Gasteiger partial charge is 0.140 e. The second kappa shape index (κ2) is 3.66. The molecule has 2 heterocycles. The molecule has 0 spiro atoms. The highest BCUT2D eigenvalue weighted by atomic mass is 15.0. The van der Waals surface area contributed by atoms with Crippen LogP contribution < -0.4 is 5.73 Å². The van der Waals surface area contributed by atoms with Crippen LogP contribution in [0.1, 0.15) is 29.8 Å². The molecular formula is C12H17N3. The molecule has 2 rings (SSSR count). The SMILES string of the molecule is Cc1nc2c(C)cccn2c1C(C)CN. The fraction of sp³-hybridized carbons (Fsp3) is 0.417. The minimum Gasteiger partial charge on any atom is -0.330 e. The van der Waals surface area contributed by atoms with E-state index in [-0.39, 0.29) is 0 Å². The summed E-state index contributed by atoms with van der Waals surface area (Å²) in [7, 11) is 0. The van der Waals surface area contributed by atoms with Crippen LogP contribution in [0.5, 0.6) is 0 Å². The first-order valence-electron chi connectivity index (χ1n) is 5.29. The average molecular weight is 203 g/mol. The Kier molecular flexibility index (Phi) is 2.49. The van der Waals surface area contributed by atoms with Gasteiger partial charge in [-0.2, -0.15) is 0 Å². The summed E-state index contributed by atoms with van der Waals surface area (Å²) in [5.74, 6) is 0.349. The quantitative estimate of drug-likeness (QED) is 0.811. The maximum Gasteiger partial charge on any atom is 0.140 e. The van der Waals surface area contributed by atoms with Crippen LogP contribution >= 0.6 is 0 Å². The summed E-state index contributed by atoms with van der Waals surface area (Å²) in [6, 6.07) is 4.13. The first-order valence-corrected chi connectivity index (χ1v) is 5.29. The Labute approximate surface area is 89.9 Å². The van der Waals surface area contributed by atoms with Gasteiger partial charge in [-0.3, -0.25) is 0 Å². The molecule has 0 saturated carbocycles. The third kappa shape index (κ3) is 1.53. The standard InChI is InChI=1S/C12H17N3/c1-8-5-4-6-15-11(9(2)7-13)10(3)14-12(8)15/h4-6,9H,7,13H2,1-3H3. The van der Waals surface area contributed by atoms with Gasteiger partial charge in [-0.1, -0.05) is 13.0 Å². The van der Waals surface area contributed by atoms with Gasteiger partial charge in [-0.25, -0.2) is 4.98 Å².